The predicted molar refractivity (Wildman–Crippen MR) is 336 cm³/mol. The van der Waals surface area contributed by atoms with E-state index in [2.05, 4.69) is 42.5 Å². The molecule has 0 unspecified atom stereocenters. The van der Waals surface area contributed by atoms with Crippen LogP contribution in [0.1, 0.15) is 100 Å². The van der Waals surface area contributed by atoms with Crippen LogP contribution in [0.15, 0.2) is 48.5 Å². The van der Waals surface area contributed by atoms with Gasteiger partial charge in [0.1, 0.15) is 42.3 Å². The summed E-state index contributed by atoms with van der Waals surface area (Å²) in [6.07, 6.45) is 1.45. The second kappa shape index (κ2) is 38.4. The highest BCUT2D eigenvalue weighted by atomic mass is 32.2. The molecule has 2 fully saturated rings. The lowest BCUT2D eigenvalue weighted by molar-refractivity contribution is -0.148. The molecule has 2 bridgehead atoms. The third-order valence-corrected chi connectivity index (χ3v) is 18.3. The van der Waals surface area contributed by atoms with Crippen LogP contribution < -0.4 is 59.7 Å². The highest BCUT2D eigenvalue weighted by Crippen LogP contribution is 2.28. The Hall–Kier alpha value is -6.01. The maximum Gasteiger partial charge on any atom is 0.327 e. The van der Waals surface area contributed by atoms with Gasteiger partial charge in [0.25, 0.3) is 0 Å². The standard InChI is InChI=1S/C59H91N13O12S3/c1-3-4-6-15-50(75)66-45-35-86-33-40-26-39(32-85-25-22-65-52(76)42(30-63-20-18-60)31-64-21-19-61)27-41(28-40)34-87-36-46(59(83)84)69-54(78)44(29-38-11-7-5-8-12-38)68-53(77)43(16-17-49(62)74)67-56(80)51(37(2)73)70-55(79)47-13-9-23-71(47)58(82)48-14-10-24-72(48)57(45)81/h5,7-8,11-12,26-28,37,42-48,51,63-64,73H,3-4,6,9-10,13-25,29-36,60-61H2,1-2H3,(H2,62,74)(H,65,76)(H,66,75)(H,67,80)(H,68,77)(H,69,78)(H,70,79)(H,83,84)/t37-,43+,44+,45+,46+,47+,48+,51+/m1/s1. The number of aliphatic hydroxyl groups excluding tert-OH is 1. The van der Waals surface area contributed by atoms with Crippen molar-refractivity contribution < 1.29 is 58.2 Å². The number of nitrogens with one attached hydrogen (secondary N) is 8. The Bertz CT molecular complexity index is 2600. The second-order valence-electron chi connectivity index (χ2n) is 22.1. The van der Waals surface area contributed by atoms with Crippen molar-refractivity contribution in [2.24, 2.45) is 23.1 Å². The lowest BCUT2D eigenvalue weighted by Gasteiger charge is -2.33. The summed E-state index contributed by atoms with van der Waals surface area (Å²) in [5.74, 6) is -5.58. The Morgan fingerprint density at radius 3 is 1.98 bits per heavy atom. The average Bonchev–Trinajstić information content (AvgIpc) is 1.96. The molecule has 3 heterocycles. The first kappa shape index (κ1) is 71.7. The molecule has 16 N–H and O–H groups in total. The number of unbranched alkanes of at least 4 members (excludes halogenated alkanes) is 2. The number of hydrogen-bond acceptors (Lipinski definition) is 18. The lowest BCUT2D eigenvalue weighted by Crippen LogP contribution is -2.61. The summed E-state index contributed by atoms with van der Waals surface area (Å²) in [7, 11) is 0. The number of nitrogens with two attached hydrogens (primary N) is 3. The molecule has 0 aliphatic carbocycles. The number of amides is 9. The Kier molecular flexibility index (Phi) is 31.7. The fourth-order valence-corrected chi connectivity index (χ4v) is 13.2. The van der Waals surface area contributed by atoms with Gasteiger partial charge in [0.15, 0.2) is 0 Å². The molecule has 0 radical (unpaired) electrons. The van der Waals surface area contributed by atoms with Crippen molar-refractivity contribution in [2.75, 3.05) is 76.2 Å². The third-order valence-electron chi connectivity index (χ3n) is 15.0. The fourth-order valence-electron chi connectivity index (χ4n) is 10.5. The van der Waals surface area contributed by atoms with Gasteiger partial charge in [-0.2, -0.15) is 35.3 Å². The largest absolute Gasteiger partial charge is 0.480 e. The predicted octanol–water partition coefficient (Wildman–Crippen LogP) is -0.811. The smallest absolute Gasteiger partial charge is 0.327 e. The van der Waals surface area contributed by atoms with E-state index in [1.54, 1.807) is 42.1 Å². The second-order valence-corrected chi connectivity index (χ2v) is 25.3. The number of benzene rings is 2. The number of carbonyl (C=O) groups excluding carboxylic acids is 9. The molecule has 28 heteroatoms. The van der Waals surface area contributed by atoms with Crippen LogP contribution in [0.3, 0.4) is 0 Å². The molecule has 2 aromatic rings. The zero-order valence-electron chi connectivity index (χ0n) is 50.0. The van der Waals surface area contributed by atoms with Gasteiger partial charge >= 0.3 is 5.97 Å². The van der Waals surface area contributed by atoms with Crippen LogP contribution in [-0.2, 0) is 71.6 Å². The molecule has 482 valence electrons. The van der Waals surface area contributed by atoms with Gasteiger partial charge in [-0.15, -0.1) is 0 Å². The van der Waals surface area contributed by atoms with Gasteiger partial charge in [0.2, 0.25) is 53.2 Å². The summed E-state index contributed by atoms with van der Waals surface area (Å²) in [5, 5.41) is 44.2. The van der Waals surface area contributed by atoms with Crippen LogP contribution in [0.2, 0.25) is 0 Å². The van der Waals surface area contributed by atoms with Crippen LogP contribution in [0.25, 0.3) is 0 Å². The van der Waals surface area contributed by atoms with E-state index in [9.17, 15) is 58.2 Å². The van der Waals surface area contributed by atoms with E-state index in [1.807, 2.05) is 25.1 Å². The third kappa shape index (κ3) is 24.1. The number of carbonyl (C=O) groups is 10. The van der Waals surface area contributed by atoms with Gasteiger partial charge < -0.3 is 79.7 Å². The molecule has 3 aliphatic rings. The summed E-state index contributed by atoms with van der Waals surface area (Å²) in [5.41, 5.74) is 20.1. The maximum absolute atomic E-state index is 14.8. The number of primary amides is 1. The SMILES string of the molecule is CCCCCC(=O)N[C@H]1CSCc2cc(CSCCNC(=O)C(CNCCN)CNCCN)cc(c2)CSC[C@@H](C(=O)O)NC(=O)[C@H](Cc2ccccc2)NC(=O)[C@H](CCC(N)=O)NC(=O)[C@H]([C@@H](C)O)NC(=O)[C@@H]2CCCN2C(=O)[C@@H]2CCCN2C1=O. The molecule has 8 atom stereocenters. The van der Waals surface area contributed by atoms with E-state index in [-0.39, 0.29) is 68.0 Å². The molecule has 25 nitrogen and oxygen atoms in total. The minimum absolute atomic E-state index is 0.107. The van der Waals surface area contributed by atoms with Crippen LogP contribution >= 0.6 is 35.3 Å². The van der Waals surface area contributed by atoms with Gasteiger partial charge in [0, 0.05) is 113 Å². The molecule has 5 rings (SSSR count). The summed E-state index contributed by atoms with van der Waals surface area (Å²) < 4.78 is 0. The first-order valence-corrected chi connectivity index (χ1v) is 33.6. The highest BCUT2D eigenvalue weighted by Gasteiger charge is 2.45. The van der Waals surface area contributed by atoms with Crippen molar-refractivity contribution in [3.05, 3.63) is 70.8 Å². The van der Waals surface area contributed by atoms with Crippen molar-refractivity contribution in [2.45, 2.75) is 150 Å². The summed E-state index contributed by atoms with van der Waals surface area (Å²) in [6.45, 7) is 6.96. The Labute approximate surface area is 522 Å². The number of carboxylic acids is 1. The number of nitrogens with zero attached hydrogens (tertiary/aromatic N) is 2. The molecule has 0 aromatic heterocycles. The molecule has 87 heavy (non-hydrogen) atoms. The summed E-state index contributed by atoms with van der Waals surface area (Å²) >= 11 is 4.28. The van der Waals surface area contributed by atoms with E-state index in [4.69, 9.17) is 17.2 Å². The van der Waals surface area contributed by atoms with Gasteiger partial charge in [-0.1, -0.05) is 68.3 Å². The van der Waals surface area contributed by atoms with Crippen LogP contribution in [0, 0.1) is 5.92 Å². The Morgan fingerprint density at radius 1 is 0.736 bits per heavy atom. The van der Waals surface area contributed by atoms with E-state index in [0.717, 1.165) is 29.5 Å². The molecule has 9 amide bonds. The fraction of sp³-hybridized carbons (Fsp3) is 0.627. The highest BCUT2D eigenvalue weighted by molar-refractivity contribution is 7.99. The number of aliphatic hydroxyl groups is 1. The number of thioether (sulfide) groups is 3. The quantitative estimate of drug-likeness (QED) is 0.0512. The van der Waals surface area contributed by atoms with E-state index < -0.39 is 102 Å². The molecule has 0 saturated carbocycles. The zero-order chi connectivity index (χ0) is 63.3. The molecular formula is C59H91N13O12S3. The molecule has 2 saturated heterocycles. The van der Waals surface area contributed by atoms with Crippen LogP contribution in [0.4, 0.5) is 0 Å². The molecule has 2 aromatic carbocycles. The average molecular weight is 1270 g/mol. The van der Waals surface area contributed by atoms with Gasteiger partial charge in [-0.3, -0.25) is 43.2 Å². The van der Waals surface area contributed by atoms with E-state index >= 15 is 0 Å². The Balaban J connectivity index is 1.48. The lowest BCUT2D eigenvalue weighted by atomic mass is 10.0. The first-order valence-electron chi connectivity index (χ1n) is 30.1. The van der Waals surface area contributed by atoms with Gasteiger partial charge in [-0.25, -0.2) is 4.79 Å². The van der Waals surface area contributed by atoms with Crippen molar-refractivity contribution in [1.82, 2.24) is 52.3 Å². The number of rotatable bonds is 26. The number of carboxylic acid groups (broad SMARTS) is 1. The van der Waals surface area contributed by atoms with Crippen LogP contribution in [0.5, 0.6) is 0 Å². The molecule has 3 aliphatic heterocycles. The monoisotopic (exact) mass is 1270 g/mol. The topological polar surface area (TPSA) is 392 Å². The first-order chi connectivity index (χ1) is 41.8. The van der Waals surface area contributed by atoms with Crippen molar-refractivity contribution in [3.63, 3.8) is 0 Å². The van der Waals surface area contributed by atoms with Crippen molar-refractivity contribution in [1.29, 1.82) is 0 Å². The number of hydrogen-bond donors (Lipinski definition) is 13. The van der Waals surface area contributed by atoms with Gasteiger partial charge in [-0.05, 0) is 67.7 Å². The minimum Gasteiger partial charge on any atom is -0.480 e. The minimum atomic E-state index is -1.69. The van der Waals surface area contributed by atoms with Crippen molar-refractivity contribution >= 4 is 94.4 Å². The Morgan fingerprint density at radius 2 is 1.36 bits per heavy atom. The van der Waals surface area contributed by atoms with Crippen LogP contribution in [-0.4, -0.2) is 204 Å². The van der Waals surface area contributed by atoms with E-state index in [0.29, 0.717) is 100 Å². The molecular weight excluding hydrogens is 1180 g/mol. The number of aliphatic carboxylic acids is 1. The van der Waals surface area contributed by atoms with Crippen molar-refractivity contribution in [3.8, 4) is 0 Å². The van der Waals surface area contributed by atoms with E-state index in [1.165, 1.54) is 40.2 Å². The molecule has 0 spiro atoms. The van der Waals surface area contributed by atoms with Gasteiger partial charge in [0.05, 0.1) is 12.0 Å². The summed E-state index contributed by atoms with van der Waals surface area (Å²) in [6, 6.07) is 5.44. The zero-order valence-corrected chi connectivity index (χ0v) is 52.5. The normalized spacial score (nSPS) is 22.6. The number of fused-ring (bicyclic) bond motifs is 4. The summed E-state index contributed by atoms with van der Waals surface area (Å²) in [4.78, 5) is 141. The maximum atomic E-state index is 14.8.